The molecule has 20 heavy (non-hydrogen) atoms. The minimum atomic E-state index is -1.30. The number of methoxy groups -OCH3 is 1. The Kier molecular flexibility index (Phi) is 5.38. The van der Waals surface area contributed by atoms with E-state index >= 15 is 0 Å². The van der Waals surface area contributed by atoms with Gasteiger partial charge in [0.2, 0.25) is 0 Å². The zero-order valence-corrected chi connectivity index (χ0v) is 13.1. The number of carboxylic acids is 1. The highest BCUT2D eigenvalue weighted by Crippen LogP contribution is 2.27. The number of carbonyl (C=O) groups is 2. The summed E-state index contributed by atoms with van der Waals surface area (Å²) in [5.41, 5.74) is -0.771. The third-order valence-corrected chi connectivity index (χ3v) is 3.60. The minimum Gasteiger partial charge on any atom is -0.496 e. The molecular formula is C13H17BrN2O4. The fourth-order valence-corrected chi connectivity index (χ4v) is 1.99. The summed E-state index contributed by atoms with van der Waals surface area (Å²) >= 11 is 3.30. The second-order valence-corrected chi connectivity index (χ2v) is 5.27. The number of carbonyl (C=O) groups excluding carboxylic acids is 1. The van der Waals surface area contributed by atoms with Gasteiger partial charge in [-0.25, -0.2) is 9.59 Å². The van der Waals surface area contributed by atoms with Gasteiger partial charge < -0.3 is 20.5 Å². The number of ether oxygens (including phenoxy) is 1. The molecule has 0 spiro atoms. The highest BCUT2D eigenvalue weighted by molar-refractivity contribution is 9.10. The topological polar surface area (TPSA) is 87.7 Å². The van der Waals surface area contributed by atoms with Crippen LogP contribution in [0.1, 0.15) is 20.3 Å². The molecule has 0 saturated heterocycles. The Hall–Kier alpha value is -1.76. The van der Waals surface area contributed by atoms with Crippen LogP contribution >= 0.6 is 15.9 Å². The van der Waals surface area contributed by atoms with Crippen LogP contribution in [-0.4, -0.2) is 29.8 Å². The van der Waals surface area contributed by atoms with E-state index in [0.717, 1.165) is 0 Å². The Labute approximate surface area is 125 Å². The van der Waals surface area contributed by atoms with E-state index in [1.165, 1.54) is 6.92 Å². The quantitative estimate of drug-likeness (QED) is 0.766. The van der Waals surface area contributed by atoms with Crippen LogP contribution in [0, 0.1) is 0 Å². The van der Waals surface area contributed by atoms with Crippen molar-refractivity contribution in [3.05, 3.63) is 22.7 Å². The lowest BCUT2D eigenvalue weighted by molar-refractivity contribution is -0.143. The Morgan fingerprint density at radius 2 is 2.10 bits per heavy atom. The molecule has 0 aromatic heterocycles. The zero-order valence-electron chi connectivity index (χ0n) is 11.5. The van der Waals surface area contributed by atoms with Gasteiger partial charge in [0, 0.05) is 5.69 Å². The molecule has 6 nitrogen and oxygen atoms in total. The van der Waals surface area contributed by atoms with Crippen LogP contribution in [0.4, 0.5) is 10.5 Å². The number of anilines is 1. The highest BCUT2D eigenvalue weighted by Gasteiger charge is 2.32. The maximum absolute atomic E-state index is 11.8. The van der Waals surface area contributed by atoms with Gasteiger partial charge in [-0.3, -0.25) is 0 Å². The Bertz CT molecular complexity index is 521. The number of benzene rings is 1. The van der Waals surface area contributed by atoms with Crippen LogP contribution < -0.4 is 15.4 Å². The van der Waals surface area contributed by atoms with Crippen molar-refractivity contribution >= 4 is 33.6 Å². The van der Waals surface area contributed by atoms with Crippen LogP contribution in [0.5, 0.6) is 5.75 Å². The summed E-state index contributed by atoms with van der Waals surface area (Å²) in [5, 5.41) is 14.1. The van der Waals surface area contributed by atoms with Gasteiger partial charge in [0.25, 0.3) is 0 Å². The monoisotopic (exact) mass is 344 g/mol. The predicted octanol–water partition coefficient (Wildman–Crippen LogP) is 2.83. The normalized spacial score (nSPS) is 13.2. The average Bonchev–Trinajstić information content (AvgIpc) is 2.38. The Morgan fingerprint density at radius 3 is 2.55 bits per heavy atom. The van der Waals surface area contributed by atoms with Gasteiger partial charge in [-0.2, -0.15) is 0 Å². The Morgan fingerprint density at radius 1 is 1.45 bits per heavy atom. The van der Waals surface area contributed by atoms with Crippen molar-refractivity contribution in [1.82, 2.24) is 5.32 Å². The number of urea groups is 1. The fourth-order valence-electron chi connectivity index (χ4n) is 1.45. The maximum atomic E-state index is 11.8. The first-order valence-electron chi connectivity index (χ1n) is 5.98. The summed E-state index contributed by atoms with van der Waals surface area (Å²) in [6.45, 7) is 3.15. The lowest BCUT2D eigenvalue weighted by Gasteiger charge is -2.24. The van der Waals surface area contributed by atoms with Gasteiger partial charge in [0.15, 0.2) is 0 Å². The number of nitrogens with one attached hydrogen (secondary N) is 2. The Balaban J connectivity index is 2.76. The highest BCUT2D eigenvalue weighted by atomic mass is 79.9. The predicted molar refractivity (Wildman–Crippen MR) is 79.2 cm³/mol. The lowest BCUT2D eigenvalue weighted by atomic mass is 10.00. The van der Waals surface area contributed by atoms with Crippen LogP contribution in [0.3, 0.4) is 0 Å². The molecule has 110 valence electrons. The molecule has 1 rings (SSSR count). The number of amides is 2. The molecule has 0 aliphatic heterocycles. The van der Waals surface area contributed by atoms with Crippen molar-refractivity contribution in [3.63, 3.8) is 0 Å². The van der Waals surface area contributed by atoms with E-state index in [4.69, 9.17) is 9.84 Å². The van der Waals surface area contributed by atoms with Gasteiger partial charge in [-0.15, -0.1) is 0 Å². The summed E-state index contributed by atoms with van der Waals surface area (Å²) in [6.07, 6.45) is 0.280. The number of hydrogen-bond acceptors (Lipinski definition) is 3. The SMILES string of the molecule is CCC(C)(NC(=O)Nc1ccc(OC)c(Br)c1)C(=O)O. The lowest BCUT2D eigenvalue weighted by Crippen LogP contribution is -2.53. The van der Waals surface area contributed by atoms with Crippen molar-refractivity contribution in [2.45, 2.75) is 25.8 Å². The first-order chi connectivity index (χ1) is 9.32. The maximum Gasteiger partial charge on any atom is 0.329 e. The van der Waals surface area contributed by atoms with Gasteiger partial charge in [0.1, 0.15) is 11.3 Å². The first-order valence-corrected chi connectivity index (χ1v) is 6.77. The molecule has 0 aliphatic rings. The number of carboxylic acid groups (broad SMARTS) is 1. The molecule has 0 saturated carbocycles. The zero-order chi connectivity index (χ0) is 15.3. The van der Waals surface area contributed by atoms with Crippen molar-refractivity contribution in [1.29, 1.82) is 0 Å². The van der Waals surface area contributed by atoms with E-state index in [1.807, 2.05) is 0 Å². The summed E-state index contributed by atoms with van der Waals surface area (Å²) in [7, 11) is 1.54. The third kappa shape index (κ3) is 3.86. The van der Waals surface area contributed by atoms with Crippen molar-refractivity contribution in [2.75, 3.05) is 12.4 Å². The molecule has 0 aliphatic carbocycles. The van der Waals surface area contributed by atoms with E-state index in [-0.39, 0.29) is 6.42 Å². The molecule has 0 radical (unpaired) electrons. The van der Waals surface area contributed by atoms with Crippen molar-refractivity contribution in [3.8, 4) is 5.75 Å². The number of halogens is 1. The standard InChI is InChI=1S/C13H17BrN2O4/c1-4-13(2,11(17)18)16-12(19)15-8-5-6-10(20-3)9(14)7-8/h5-7H,4H2,1-3H3,(H,17,18)(H2,15,16,19). The summed E-state index contributed by atoms with van der Waals surface area (Å²) in [4.78, 5) is 22.9. The number of hydrogen-bond donors (Lipinski definition) is 3. The largest absolute Gasteiger partial charge is 0.496 e. The van der Waals surface area contributed by atoms with Crippen LogP contribution in [-0.2, 0) is 4.79 Å². The van der Waals surface area contributed by atoms with Crippen molar-refractivity contribution in [2.24, 2.45) is 0 Å². The average molecular weight is 345 g/mol. The molecular weight excluding hydrogens is 328 g/mol. The molecule has 7 heteroatoms. The third-order valence-electron chi connectivity index (χ3n) is 2.98. The van der Waals surface area contributed by atoms with E-state index in [0.29, 0.717) is 15.9 Å². The molecule has 0 heterocycles. The molecule has 3 N–H and O–H groups in total. The van der Waals surface area contributed by atoms with E-state index in [1.54, 1.807) is 32.2 Å². The summed E-state index contributed by atoms with van der Waals surface area (Å²) in [5.74, 6) is -0.439. The second-order valence-electron chi connectivity index (χ2n) is 4.42. The molecule has 2 amide bonds. The second kappa shape index (κ2) is 6.60. The van der Waals surface area contributed by atoms with Crippen LogP contribution in [0.25, 0.3) is 0 Å². The molecule has 0 fully saturated rings. The van der Waals surface area contributed by atoms with Gasteiger partial charge in [0.05, 0.1) is 11.6 Å². The van der Waals surface area contributed by atoms with Gasteiger partial charge in [-0.1, -0.05) is 6.92 Å². The fraction of sp³-hybridized carbons (Fsp3) is 0.385. The first kappa shape index (κ1) is 16.3. The minimum absolute atomic E-state index is 0.280. The smallest absolute Gasteiger partial charge is 0.329 e. The van der Waals surface area contributed by atoms with Gasteiger partial charge >= 0.3 is 12.0 Å². The van der Waals surface area contributed by atoms with E-state index in [2.05, 4.69) is 26.6 Å². The molecule has 0 bridgehead atoms. The number of rotatable bonds is 5. The molecule has 1 unspecified atom stereocenters. The summed E-state index contributed by atoms with van der Waals surface area (Å²) < 4.78 is 5.77. The van der Waals surface area contributed by atoms with E-state index < -0.39 is 17.5 Å². The van der Waals surface area contributed by atoms with Crippen molar-refractivity contribution < 1.29 is 19.4 Å². The van der Waals surface area contributed by atoms with Crippen LogP contribution in [0.15, 0.2) is 22.7 Å². The van der Waals surface area contributed by atoms with Crippen LogP contribution in [0.2, 0.25) is 0 Å². The summed E-state index contributed by atoms with van der Waals surface area (Å²) in [6, 6.07) is 4.44. The van der Waals surface area contributed by atoms with Gasteiger partial charge in [-0.05, 0) is 47.5 Å². The molecule has 1 aromatic rings. The number of aliphatic carboxylic acids is 1. The van der Waals surface area contributed by atoms with E-state index in [9.17, 15) is 9.59 Å². The molecule has 1 atom stereocenters. The molecule has 1 aromatic carbocycles.